The summed E-state index contributed by atoms with van der Waals surface area (Å²) in [6.07, 6.45) is 0.979. The molecule has 0 spiro atoms. The molecular formula is C19H22O5. The van der Waals surface area contributed by atoms with Gasteiger partial charge in [-0.2, -0.15) is 0 Å². The highest BCUT2D eigenvalue weighted by Gasteiger charge is 2.20. The molecule has 0 aliphatic rings. The van der Waals surface area contributed by atoms with Crippen molar-refractivity contribution < 1.29 is 23.7 Å². The Bertz CT molecular complexity index is 666. The lowest BCUT2D eigenvalue weighted by atomic mass is 10.0. The number of carbonyl (C=O) groups is 1. The molecule has 0 saturated heterocycles. The maximum atomic E-state index is 12.7. The number of methoxy groups -OCH3 is 4. The average Bonchev–Trinajstić information content (AvgIpc) is 2.65. The van der Waals surface area contributed by atoms with E-state index in [1.165, 1.54) is 14.2 Å². The molecule has 0 radical (unpaired) electrons. The highest BCUT2D eigenvalue weighted by Crippen LogP contribution is 2.35. The summed E-state index contributed by atoms with van der Waals surface area (Å²) in [7, 11) is 6.23. The van der Waals surface area contributed by atoms with Crippen molar-refractivity contribution in [1.82, 2.24) is 0 Å². The Morgan fingerprint density at radius 1 is 0.792 bits per heavy atom. The zero-order valence-electron chi connectivity index (χ0n) is 14.4. The van der Waals surface area contributed by atoms with Gasteiger partial charge in [-0.25, -0.2) is 0 Å². The van der Waals surface area contributed by atoms with Gasteiger partial charge < -0.3 is 18.9 Å². The summed E-state index contributed by atoms with van der Waals surface area (Å²) < 4.78 is 21.0. The van der Waals surface area contributed by atoms with Crippen LogP contribution >= 0.6 is 0 Å². The second-order valence-corrected chi connectivity index (χ2v) is 5.18. The fourth-order valence-electron chi connectivity index (χ4n) is 2.46. The van der Waals surface area contributed by atoms with Crippen LogP contribution in [-0.4, -0.2) is 34.2 Å². The molecule has 2 aromatic rings. The first-order valence-electron chi connectivity index (χ1n) is 7.59. The van der Waals surface area contributed by atoms with Gasteiger partial charge >= 0.3 is 0 Å². The van der Waals surface area contributed by atoms with Crippen molar-refractivity contribution in [3.8, 4) is 23.0 Å². The number of hydrogen-bond acceptors (Lipinski definition) is 5. The second-order valence-electron chi connectivity index (χ2n) is 5.18. The van der Waals surface area contributed by atoms with E-state index in [4.69, 9.17) is 18.9 Å². The smallest absolute Gasteiger partial charge is 0.170 e. The Hall–Kier alpha value is -2.69. The van der Waals surface area contributed by atoms with Crippen molar-refractivity contribution in [2.75, 3.05) is 28.4 Å². The third-order valence-electron chi connectivity index (χ3n) is 3.79. The topological polar surface area (TPSA) is 54.0 Å². The highest BCUT2D eigenvalue weighted by atomic mass is 16.5. The molecule has 2 aromatic carbocycles. The molecule has 24 heavy (non-hydrogen) atoms. The van der Waals surface area contributed by atoms with Crippen LogP contribution in [0.15, 0.2) is 36.4 Å². The molecule has 128 valence electrons. The lowest BCUT2D eigenvalue weighted by Crippen LogP contribution is -2.07. The zero-order chi connectivity index (χ0) is 17.5. The molecular weight excluding hydrogens is 308 g/mol. The molecule has 0 unspecified atom stereocenters. The molecule has 5 nitrogen and oxygen atoms in total. The molecule has 0 amide bonds. The van der Waals surface area contributed by atoms with Crippen LogP contribution in [0.5, 0.6) is 23.0 Å². The first kappa shape index (κ1) is 17.7. The first-order chi connectivity index (χ1) is 11.6. The SMILES string of the molecule is COc1ccc(CCC(=O)c2c(OC)cc(OC)cc2OC)cc1. The van der Waals surface area contributed by atoms with Crippen LogP contribution in [0, 0.1) is 0 Å². The van der Waals surface area contributed by atoms with Gasteiger partial charge in [-0.3, -0.25) is 4.79 Å². The average molecular weight is 330 g/mol. The summed E-state index contributed by atoms with van der Waals surface area (Å²) >= 11 is 0. The van der Waals surface area contributed by atoms with E-state index in [2.05, 4.69) is 0 Å². The monoisotopic (exact) mass is 330 g/mol. The number of benzene rings is 2. The molecule has 0 aliphatic carbocycles. The minimum atomic E-state index is -0.0397. The van der Waals surface area contributed by atoms with E-state index in [1.807, 2.05) is 24.3 Å². The molecule has 0 N–H and O–H groups in total. The predicted molar refractivity (Wildman–Crippen MR) is 91.7 cm³/mol. The van der Waals surface area contributed by atoms with Crippen molar-refractivity contribution in [2.24, 2.45) is 0 Å². The van der Waals surface area contributed by atoms with Crippen molar-refractivity contribution in [3.63, 3.8) is 0 Å². The standard InChI is InChI=1S/C19H22O5/c1-21-14-8-5-13(6-9-14)7-10-16(20)19-17(23-3)11-15(22-2)12-18(19)24-4/h5-6,8-9,11-12H,7,10H2,1-4H3. The number of carbonyl (C=O) groups excluding carboxylic acids is 1. The first-order valence-corrected chi connectivity index (χ1v) is 7.59. The van der Waals surface area contributed by atoms with Crippen LogP contribution in [-0.2, 0) is 6.42 Å². The summed E-state index contributed by atoms with van der Waals surface area (Å²) in [5, 5.41) is 0. The van der Waals surface area contributed by atoms with Gasteiger partial charge in [0.05, 0.1) is 28.4 Å². The number of ketones is 1. The van der Waals surface area contributed by atoms with E-state index in [0.29, 0.717) is 35.7 Å². The third-order valence-corrected chi connectivity index (χ3v) is 3.79. The number of ether oxygens (including phenoxy) is 4. The Morgan fingerprint density at radius 3 is 1.79 bits per heavy atom. The predicted octanol–water partition coefficient (Wildman–Crippen LogP) is 3.54. The number of rotatable bonds is 8. The van der Waals surface area contributed by atoms with Gasteiger partial charge in [0.15, 0.2) is 5.78 Å². The molecule has 0 aliphatic heterocycles. The van der Waals surface area contributed by atoms with Crippen molar-refractivity contribution in [1.29, 1.82) is 0 Å². The molecule has 0 aromatic heterocycles. The van der Waals surface area contributed by atoms with Crippen molar-refractivity contribution in [2.45, 2.75) is 12.8 Å². The summed E-state index contributed by atoms with van der Waals surface area (Å²) in [6, 6.07) is 11.0. The molecule has 5 heteroatoms. The van der Waals surface area contributed by atoms with Crippen LogP contribution < -0.4 is 18.9 Å². The minimum Gasteiger partial charge on any atom is -0.497 e. The van der Waals surface area contributed by atoms with Crippen LogP contribution in [0.2, 0.25) is 0 Å². The maximum Gasteiger partial charge on any atom is 0.170 e. The van der Waals surface area contributed by atoms with E-state index < -0.39 is 0 Å². The Kier molecular flexibility index (Phi) is 6.07. The maximum absolute atomic E-state index is 12.7. The van der Waals surface area contributed by atoms with E-state index in [1.54, 1.807) is 26.4 Å². The quantitative estimate of drug-likeness (QED) is 0.693. The zero-order valence-corrected chi connectivity index (χ0v) is 14.4. The number of Topliss-reactive ketones (excluding diaryl/α,β-unsaturated/α-hetero) is 1. The highest BCUT2D eigenvalue weighted by molar-refractivity contribution is 6.01. The fourth-order valence-corrected chi connectivity index (χ4v) is 2.46. The van der Waals surface area contributed by atoms with Gasteiger partial charge in [0.25, 0.3) is 0 Å². The van der Waals surface area contributed by atoms with Crippen LogP contribution in [0.4, 0.5) is 0 Å². The van der Waals surface area contributed by atoms with Gasteiger partial charge in [0.1, 0.15) is 28.6 Å². The fraction of sp³-hybridized carbons (Fsp3) is 0.316. The van der Waals surface area contributed by atoms with Gasteiger partial charge in [-0.05, 0) is 24.1 Å². The third kappa shape index (κ3) is 3.98. The largest absolute Gasteiger partial charge is 0.497 e. The van der Waals surface area contributed by atoms with E-state index >= 15 is 0 Å². The van der Waals surface area contributed by atoms with Gasteiger partial charge in [-0.15, -0.1) is 0 Å². The molecule has 0 saturated carbocycles. The van der Waals surface area contributed by atoms with Crippen LogP contribution in [0.25, 0.3) is 0 Å². The molecule has 2 rings (SSSR count). The second kappa shape index (κ2) is 8.24. The van der Waals surface area contributed by atoms with E-state index in [9.17, 15) is 4.79 Å². The lowest BCUT2D eigenvalue weighted by Gasteiger charge is -2.14. The van der Waals surface area contributed by atoms with Gasteiger partial charge in [0, 0.05) is 18.6 Å². The Morgan fingerprint density at radius 2 is 1.33 bits per heavy atom. The van der Waals surface area contributed by atoms with Gasteiger partial charge in [-0.1, -0.05) is 12.1 Å². The molecule has 0 atom stereocenters. The lowest BCUT2D eigenvalue weighted by molar-refractivity contribution is 0.0976. The molecule has 0 heterocycles. The normalized spacial score (nSPS) is 10.2. The van der Waals surface area contributed by atoms with E-state index in [-0.39, 0.29) is 5.78 Å². The van der Waals surface area contributed by atoms with Gasteiger partial charge in [0.2, 0.25) is 0 Å². The number of aryl methyl sites for hydroxylation is 1. The van der Waals surface area contributed by atoms with Crippen LogP contribution in [0.1, 0.15) is 22.3 Å². The summed E-state index contributed by atoms with van der Waals surface area (Å²) in [5.41, 5.74) is 1.50. The Labute approximate surface area is 142 Å². The van der Waals surface area contributed by atoms with Crippen molar-refractivity contribution >= 4 is 5.78 Å². The summed E-state index contributed by atoms with van der Waals surface area (Å²) in [5.74, 6) is 2.23. The Balaban J connectivity index is 2.18. The minimum absolute atomic E-state index is 0.0397. The summed E-state index contributed by atoms with van der Waals surface area (Å²) in [6.45, 7) is 0. The summed E-state index contributed by atoms with van der Waals surface area (Å²) in [4.78, 5) is 12.7. The van der Waals surface area contributed by atoms with E-state index in [0.717, 1.165) is 11.3 Å². The van der Waals surface area contributed by atoms with Crippen molar-refractivity contribution in [3.05, 3.63) is 47.5 Å². The molecule has 0 bridgehead atoms. The van der Waals surface area contributed by atoms with Crippen LogP contribution in [0.3, 0.4) is 0 Å². The molecule has 0 fully saturated rings. The number of hydrogen-bond donors (Lipinski definition) is 0.